The molecule has 212 valence electrons. The van der Waals surface area contributed by atoms with Crippen LogP contribution in [0.15, 0.2) is 41.8 Å². The van der Waals surface area contributed by atoms with Gasteiger partial charge in [0, 0.05) is 42.7 Å². The summed E-state index contributed by atoms with van der Waals surface area (Å²) in [5.41, 5.74) is 5.45. The number of carbonyl (C=O) groups is 2. The van der Waals surface area contributed by atoms with E-state index in [4.69, 9.17) is 9.72 Å². The number of aryl methyl sites for hydroxylation is 2. The number of hydrogen-bond acceptors (Lipinski definition) is 7. The number of nitrogens with zero attached hydrogens (tertiary/aromatic N) is 3. The van der Waals surface area contributed by atoms with Crippen LogP contribution in [0.1, 0.15) is 46.8 Å². The van der Waals surface area contributed by atoms with Crippen LogP contribution in [0.4, 0.5) is 5.13 Å². The first-order chi connectivity index (χ1) is 19.3. The van der Waals surface area contributed by atoms with Crippen LogP contribution in [0.25, 0.3) is 11.3 Å². The minimum Gasteiger partial charge on any atom is -0.488 e. The van der Waals surface area contributed by atoms with Crippen molar-refractivity contribution in [3.63, 3.8) is 0 Å². The second kappa shape index (κ2) is 12.0. The van der Waals surface area contributed by atoms with Crippen LogP contribution in [0.5, 0.6) is 5.75 Å². The molecule has 0 spiro atoms. The van der Waals surface area contributed by atoms with Crippen LogP contribution >= 0.6 is 11.3 Å². The van der Waals surface area contributed by atoms with Crippen LogP contribution in [-0.4, -0.2) is 64.8 Å². The fourth-order valence-electron chi connectivity index (χ4n) is 6.14. The van der Waals surface area contributed by atoms with Gasteiger partial charge < -0.3 is 24.7 Å². The van der Waals surface area contributed by atoms with E-state index < -0.39 is 5.97 Å². The summed E-state index contributed by atoms with van der Waals surface area (Å²) in [6.07, 6.45) is 1.95. The number of carbonyl (C=O) groups excluding carboxylic acids is 1. The first-order valence-electron chi connectivity index (χ1n) is 14.0. The topological polar surface area (TPSA) is 103 Å². The summed E-state index contributed by atoms with van der Waals surface area (Å²) < 4.78 is 6.32. The highest BCUT2D eigenvalue weighted by atomic mass is 32.1. The van der Waals surface area contributed by atoms with Gasteiger partial charge in [-0.3, -0.25) is 9.59 Å². The first kappa shape index (κ1) is 28.1. The second-order valence-corrected chi connectivity index (χ2v) is 11.8. The molecule has 0 radical (unpaired) electrons. The Hall–Kier alpha value is -3.43. The molecule has 1 saturated carbocycles. The molecular weight excluding hydrogens is 526 g/mol. The Morgan fingerprint density at radius 3 is 2.52 bits per heavy atom. The number of hydrogen-bond donors (Lipinski definition) is 2. The maximum atomic E-state index is 12.8. The van der Waals surface area contributed by atoms with E-state index in [1.807, 2.05) is 51.1 Å². The van der Waals surface area contributed by atoms with E-state index in [-0.39, 0.29) is 30.3 Å². The lowest BCUT2D eigenvalue weighted by Crippen LogP contribution is -2.44. The van der Waals surface area contributed by atoms with Gasteiger partial charge in [0.05, 0.1) is 18.2 Å². The molecule has 2 bridgehead atoms. The number of thiazole rings is 1. The molecule has 2 N–H and O–H groups in total. The van der Waals surface area contributed by atoms with Crippen molar-refractivity contribution in [2.24, 2.45) is 17.8 Å². The number of carboxylic acid groups (broad SMARTS) is 1. The summed E-state index contributed by atoms with van der Waals surface area (Å²) in [7, 11) is 0. The molecule has 8 nitrogen and oxygen atoms in total. The number of anilines is 1. The summed E-state index contributed by atoms with van der Waals surface area (Å²) in [5.74, 6) is 0.139. The van der Waals surface area contributed by atoms with Gasteiger partial charge in [-0.05, 0) is 80.8 Å². The van der Waals surface area contributed by atoms with Crippen molar-refractivity contribution in [1.82, 2.24) is 9.88 Å². The quantitative estimate of drug-likeness (QED) is 0.358. The van der Waals surface area contributed by atoms with E-state index in [2.05, 4.69) is 16.3 Å². The van der Waals surface area contributed by atoms with Crippen LogP contribution in [0, 0.1) is 31.6 Å². The predicted molar refractivity (Wildman–Crippen MR) is 156 cm³/mol. The fraction of sp³-hybridized carbons (Fsp3) is 0.452. The van der Waals surface area contributed by atoms with Crippen molar-refractivity contribution in [2.75, 3.05) is 37.7 Å². The molecule has 1 aromatic heterocycles. The standard InChI is InChI=1S/C31H37N3O5S/c1-4-33(11-12-35)29(36)21-6-9-24(20(3)14-21)17-39-27-10-5-19(2)13-25(27)26-18-40-31(32-26)34-15-22-7-8-23(16-34)28(22)30(37)38/h5-6,9-10,13-14,18,22-23,28,35H,4,7-8,11-12,15-17H2,1-3H3,(H,37,38)/t22-,23?,28+/m1/s1. The molecule has 3 aromatic rings. The minimum atomic E-state index is -0.658. The highest BCUT2D eigenvalue weighted by Gasteiger charge is 2.46. The Bertz CT molecular complexity index is 1380. The molecule has 1 amide bonds. The number of likely N-dealkylation sites (N-methyl/N-ethyl adjacent to an activating group) is 1. The van der Waals surface area contributed by atoms with Crippen molar-refractivity contribution in [1.29, 1.82) is 0 Å². The average molecular weight is 564 g/mol. The van der Waals surface area contributed by atoms with Crippen molar-refractivity contribution < 1.29 is 24.5 Å². The number of aliphatic carboxylic acids is 1. The number of piperidine rings is 1. The van der Waals surface area contributed by atoms with E-state index in [1.54, 1.807) is 16.2 Å². The van der Waals surface area contributed by atoms with E-state index in [0.29, 0.717) is 25.3 Å². The Morgan fingerprint density at radius 1 is 1.12 bits per heavy atom. The molecule has 2 aromatic carbocycles. The number of rotatable bonds is 10. The lowest BCUT2D eigenvalue weighted by molar-refractivity contribution is -0.144. The lowest BCUT2D eigenvalue weighted by Gasteiger charge is -2.35. The molecule has 3 atom stereocenters. The zero-order valence-corrected chi connectivity index (χ0v) is 24.1. The van der Waals surface area contributed by atoms with Gasteiger partial charge in [-0.15, -0.1) is 11.3 Å². The van der Waals surface area contributed by atoms with E-state index >= 15 is 0 Å². The Labute approximate surface area is 239 Å². The van der Waals surface area contributed by atoms with Crippen LogP contribution in [0.2, 0.25) is 0 Å². The van der Waals surface area contributed by atoms with Gasteiger partial charge in [0.2, 0.25) is 0 Å². The SMILES string of the molecule is CCN(CCO)C(=O)c1ccc(COc2ccc(C)cc2-c2csc(N3CC4CC[C@H](C3)[C@@H]4C(=O)O)n2)c(C)c1. The highest BCUT2D eigenvalue weighted by Crippen LogP contribution is 2.44. The van der Waals surface area contributed by atoms with E-state index in [1.165, 1.54) is 0 Å². The van der Waals surface area contributed by atoms with Crippen LogP contribution in [0.3, 0.4) is 0 Å². The number of ether oxygens (including phenoxy) is 1. The Balaban J connectivity index is 1.30. The van der Waals surface area contributed by atoms with Crippen molar-refractivity contribution >= 4 is 28.3 Å². The maximum absolute atomic E-state index is 12.8. The smallest absolute Gasteiger partial charge is 0.307 e. The Morgan fingerprint density at radius 2 is 1.88 bits per heavy atom. The van der Waals surface area contributed by atoms with Crippen LogP contribution in [-0.2, 0) is 11.4 Å². The van der Waals surface area contributed by atoms with Gasteiger partial charge in [-0.2, -0.15) is 0 Å². The van der Waals surface area contributed by atoms with Crippen molar-refractivity contribution in [3.05, 3.63) is 64.0 Å². The molecule has 1 aliphatic carbocycles. The molecular formula is C31H37N3O5S. The van der Waals surface area contributed by atoms with E-state index in [9.17, 15) is 19.8 Å². The Kier molecular flexibility index (Phi) is 8.42. The maximum Gasteiger partial charge on any atom is 0.307 e. The molecule has 1 saturated heterocycles. The zero-order valence-electron chi connectivity index (χ0n) is 23.3. The first-order valence-corrected chi connectivity index (χ1v) is 14.8. The highest BCUT2D eigenvalue weighted by molar-refractivity contribution is 7.14. The largest absolute Gasteiger partial charge is 0.488 e. The summed E-state index contributed by atoms with van der Waals surface area (Å²) in [4.78, 5) is 33.4. The minimum absolute atomic E-state index is 0.0614. The molecule has 5 rings (SSSR count). The zero-order chi connectivity index (χ0) is 28.4. The van der Waals surface area contributed by atoms with Gasteiger partial charge in [-0.25, -0.2) is 4.98 Å². The van der Waals surface area contributed by atoms with Crippen molar-refractivity contribution in [2.45, 2.75) is 40.2 Å². The van der Waals surface area contributed by atoms with Crippen molar-refractivity contribution in [3.8, 4) is 17.0 Å². The molecule has 40 heavy (non-hydrogen) atoms. The fourth-order valence-corrected chi connectivity index (χ4v) is 6.98. The molecule has 2 fully saturated rings. The normalized spacial score (nSPS) is 20.0. The molecule has 1 unspecified atom stereocenters. The monoisotopic (exact) mass is 563 g/mol. The van der Waals surface area contributed by atoms with Gasteiger partial charge in [0.1, 0.15) is 12.4 Å². The molecule has 1 aliphatic heterocycles. The number of fused-ring (bicyclic) bond motifs is 2. The number of benzene rings is 2. The summed E-state index contributed by atoms with van der Waals surface area (Å²) >= 11 is 1.60. The van der Waals surface area contributed by atoms with Gasteiger partial charge in [0.15, 0.2) is 5.13 Å². The summed E-state index contributed by atoms with van der Waals surface area (Å²) in [6.45, 7) is 8.55. The van der Waals surface area contributed by atoms with Gasteiger partial charge >= 0.3 is 5.97 Å². The van der Waals surface area contributed by atoms with E-state index in [0.717, 1.165) is 64.8 Å². The number of aromatic nitrogens is 1. The predicted octanol–water partition coefficient (Wildman–Crippen LogP) is 5.01. The third-order valence-electron chi connectivity index (χ3n) is 8.30. The third kappa shape index (κ3) is 5.71. The number of aliphatic hydroxyl groups excluding tert-OH is 1. The number of amides is 1. The summed E-state index contributed by atoms with van der Waals surface area (Å²) in [6, 6.07) is 11.7. The van der Waals surface area contributed by atoms with Crippen LogP contribution < -0.4 is 9.64 Å². The third-order valence-corrected chi connectivity index (χ3v) is 9.21. The molecule has 9 heteroatoms. The van der Waals surface area contributed by atoms with Gasteiger partial charge in [0.25, 0.3) is 5.91 Å². The number of carboxylic acids is 1. The second-order valence-electron chi connectivity index (χ2n) is 10.9. The molecule has 2 aliphatic rings. The number of aliphatic hydroxyl groups is 1. The lowest BCUT2D eigenvalue weighted by atomic mass is 9.85. The van der Waals surface area contributed by atoms with Gasteiger partial charge in [-0.1, -0.05) is 17.7 Å². The summed E-state index contributed by atoms with van der Waals surface area (Å²) in [5, 5.41) is 21.9. The average Bonchev–Trinajstić information content (AvgIpc) is 3.54. The molecule has 2 heterocycles.